The Morgan fingerprint density at radius 3 is 1.79 bits per heavy atom. The summed E-state index contributed by atoms with van der Waals surface area (Å²) >= 11 is 0. The van der Waals surface area contributed by atoms with Crippen molar-refractivity contribution in [3.05, 3.63) is 143 Å². The summed E-state index contributed by atoms with van der Waals surface area (Å²) in [5, 5.41) is 2.90. The highest BCUT2D eigenvalue weighted by Crippen LogP contribution is 2.49. The number of anilines is 2. The molecule has 11 nitrogen and oxygen atoms in total. The maximum atomic E-state index is 13.8. The van der Waals surface area contributed by atoms with E-state index in [1.807, 2.05) is 146 Å². The van der Waals surface area contributed by atoms with E-state index in [9.17, 15) is 9.59 Å². The topological polar surface area (TPSA) is 105 Å². The van der Waals surface area contributed by atoms with Crippen molar-refractivity contribution in [3.8, 4) is 11.5 Å². The second kappa shape index (κ2) is 14.2. The molecule has 4 aromatic rings. The molecule has 1 aliphatic carbocycles. The molecule has 57 heavy (non-hydrogen) atoms. The first-order valence-corrected chi connectivity index (χ1v) is 19.2. The standard InChI is InChI=1S/C46H48N2O9/c1-43(2)44(3,4)55-47(54-43)31-17-13-29(14-18-31)27-51-34-22-24-38-40(26-34)53-39-25-33(49)21-23-37(39)41(38)35-11-9-10-12-36(35)42(50)52-28-30-15-19-32(20-16-30)48-56-45(5,6)46(7,8)57-48/h9-26,37,41H,27-28H2,1-8H3. The van der Waals surface area contributed by atoms with Gasteiger partial charge >= 0.3 is 5.97 Å². The number of rotatable bonds is 9. The summed E-state index contributed by atoms with van der Waals surface area (Å²) in [6.45, 7) is 16.3. The molecule has 4 aromatic carbocycles. The van der Waals surface area contributed by atoms with E-state index in [2.05, 4.69) is 0 Å². The van der Waals surface area contributed by atoms with Crippen molar-refractivity contribution >= 4 is 23.1 Å². The fraction of sp³-hybridized carbons (Fsp3) is 0.348. The summed E-state index contributed by atoms with van der Waals surface area (Å²) < 4.78 is 18.5. The Morgan fingerprint density at radius 2 is 1.21 bits per heavy atom. The van der Waals surface area contributed by atoms with E-state index in [4.69, 9.17) is 33.6 Å². The Kier molecular flexibility index (Phi) is 9.55. The lowest BCUT2D eigenvalue weighted by Crippen LogP contribution is -2.41. The zero-order chi connectivity index (χ0) is 40.3. The van der Waals surface area contributed by atoms with E-state index in [1.165, 1.54) is 16.5 Å². The highest BCUT2D eigenvalue weighted by Gasteiger charge is 2.51. The average molecular weight is 773 g/mol. The molecule has 2 fully saturated rings. The van der Waals surface area contributed by atoms with Crippen molar-refractivity contribution in [3.63, 3.8) is 0 Å². The Morgan fingerprint density at radius 1 is 0.667 bits per heavy atom. The molecule has 0 bridgehead atoms. The molecule has 0 radical (unpaired) electrons. The number of nitrogens with zero attached hydrogens (tertiary/aromatic N) is 2. The molecule has 4 aliphatic rings. The largest absolute Gasteiger partial charge is 0.489 e. The molecule has 8 rings (SSSR count). The van der Waals surface area contributed by atoms with Crippen LogP contribution in [0.15, 0.2) is 115 Å². The first-order chi connectivity index (χ1) is 27.0. The second-order valence-corrected chi connectivity index (χ2v) is 16.8. The van der Waals surface area contributed by atoms with Crippen LogP contribution in [-0.4, -0.2) is 34.2 Å². The normalized spacial score (nSPS) is 22.3. The number of esters is 1. The van der Waals surface area contributed by atoms with Crippen molar-refractivity contribution < 1.29 is 43.2 Å². The van der Waals surface area contributed by atoms with Crippen LogP contribution in [0.25, 0.3) is 0 Å². The third-order valence-electron chi connectivity index (χ3n) is 11.7. The number of benzene rings is 4. The molecule has 0 spiro atoms. The molecule has 296 valence electrons. The zero-order valence-corrected chi connectivity index (χ0v) is 33.5. The van der Waals surface area contributed by atoms with Crippen LogP contribution in [0.1, 0.15) is 93.9 Å². The zero-order valence-electron chi connectivity index (χ0n) is 33.5. The van der Waals surface area contributed by atoms with Crippen molar-refractivity contribution in [1.29, 1.82) is 0 Å². The van der Waals surface area contributed by atoms with Crippen molar-refractivity contribution in [2.75, 3.05) is 10.5 Å². The number of hydrogen-bond acceptors (Lipinski definition) is 11. The molecule has 11 heteroatoms. The number of hydrogen-bond donors (Lipinski definition) is 0. The van der Waals surface area contributed by atoms with Crippen LogP contribution in [-0.2, 0) is 42.1 Å². The Balaban J connectivity index is 0.981. The van der Waals surface area contributed by atoms with Crippen LogP contribution >= 0.6 is 0 Å². The van der Waals surface area contributed by atoms with E-state index in [0.717, 1.165) is 33.6 Å². The van der Waals surface area contributed by atoms with Crippen LogP contribution in [0.2, 0.25) is 0 Å². The van der Waals surface area contributed by atoms with Crippen LogP contribution in [0.5, 0.6) is 11.5 Å². The van der Waals surface area contributed by atoms with E-state index < -0.39 is 28.4 Å². The molecule has 2 atom stereocenters. The quantitative estimate of drug-likeness (QED) is 0.152. The van der Waals surface area contributed by atoms with Gasteiger partial charge in [0.15, 0.2) is 5.78 Å². The van der Waals surface area contributed by atoms with Crippen LogP contribution in [0, 0.1) is 5.92 Å². The Hall–Kier alpha value is -5.46. The number of ether oxygens (including phenoxy) is 3. The van der Waals surface area contributed by atoms with E-state index >= 15 is 0 Å². The summed E-state index contributed by atoms with van der Waals surface area (Å²) in [5.74, 6) is 0.376. The first kappa shape index (κ1) is 38.4. The van der Waals surface area contributed by atoms with Gasteiger partial charge in [-0.25, -0.2) is 24.1 Å². The summed E-state index contributed by atoms with van der Waals surface area (Å²) in [6, 6.07) is 28.4. The van der Waals surface area contributed by atoms with Crippen molar-refractivity contribution in [2.24, 2.45) is 5.92 Å². The van der Waals surface area contributed by atoms with Gasteiger partial charge in [-0.15, -0.1) is 10.5 Å². The maximum Gasteiger partial charge on any atom is 0.338 e. The van der Waals surface area contributed by atoms with Gasteiger partial charge in [0.25, 0.3) is 0 Å². The molecule has 3 heterocycles. The fourth-order valence-electron chi connectivity index (χ4n) is 6.87. The molecular weight excluding hydrogens is 725 g/mol. The fourth-order valence-corrected chi connectivity index (χ4v) is 6.87. The lowest BCUT2D eigenvalue weighted by Gasteiger charge is -2.36. The predicted octanol–water partition coefficient (Wildman–Crippen LogP) is 9.27. The molecular formula is C46H48N2O9. The van der Waals surface area contributed by atoms with Crippen molar-refractivity contribution in [1.82, 2.24) is 0 Å². The summed E-state index contributed by atoms with van der Waals surface area (Å²) in [6.07, 6.45) is 4.91. The number of ketones is 1. The molecule has 2 unspecified atom stereocenters. The maximum absolute atomic E-state index is 13.8. The summed E-state index contributed by atoms with van der Waals surface area (Å²) in [4.78, 5) is 50.5. The van der Waals surface area contributed by atoms with Gasteiger partial charge in [0, 0.05) is 29.5 Å². The van der Waals surface area contributed by atoms with Crippen LogP contribution in [0.3, 0.4) is 0 Å². The van der Waals surface area contributed by atoms with E-state index in [1.54, 1.807) is 12.1 Å². The van der Waals surface area contributed by atoms with Gasteiger partial charge in [-0.2, -0.15) is 0 Å². The molecule has 0 saturated carbocycles. The lowest BCUT2D eigenvalue weighted by atomic mass is 9.74. The molecule has 0 aromatic heterocycles. The second-order valence-electron chi connectivity index (χ2n) is 16.8. The molecule has 2 saturated heterocycles. The number of allylic oxidation sites excluding steroid dienone is 3. The molecule has 0 N–H and O–H groups in total. The SMILES string of the molecule is CC1(C)ON(c2ccc(COC(=O)c3ccccc3C3c4ccc(OCc5ccc(N6OC(C)(C)C(C)(C)O6)cc5)cc4OC4=CC(=O)C=CC43)cc2)OC1(C)C. The highest BCUT2D eigenvalue weighted by molar-refractivity contribution is 6.01. The van der Waals surface area contributed by atoms with Gasteiger partial charge in [0.2, 0.25) is 0 Å². The van der Waals surface area contributed by atoms with E-state index in [-0.39, 0.29) is 24.2 Å². The van der Waals surface area contributed by atoms with Gasteiger partial charge < -0.3 is 14.2 Å². The minimum Gasteiger partial charge on any atom is -0.489 e. The van der Waals surface area contributed by atoms with E-state index in [0.29, 0.717) is 29.4 Å². The Labute approximate surface area is 333 Å². The summed E-state index contributed by atoms with van der Waals surface area (Å²) in [7, 11) is 0. The number of carbonyl (C=O) groups is 2. The van der Waals surface area contributed by atoms with Gasteiger partial charge in [0.1, 0.15) is 52.9 Å². The third kappa shape index (κ3) is 7.32. The molecule has 3 aliphatic heterocycles. The predicted molar refractivity (Wildman–Crippen MR) is 213 cm³/mol. The van der Waals surface area contributed by atoms with Gasteiger partial charge in [-0.05, 0) is 115 Å². The Bertz CT molecular complexity index is 2220. The number of carbonyl (C=O) groups excluding carboxylic acids is 2. The molecule has 0 amide bonds. The monoisotopic (exact) mass is 772 g/mol. The average Bonchev–Trinajstić information content (AvgIpc) is 3.54. The number of fused-ring (bicyclic) bond motifs is 2. The van der Waals surface area contributed by atoms with Gasteiger partial charge in [-0.1, -0.05) is 54.6 Å². The van der Waals surface area contributed by atoms with Gasteiger partial charge in [0.05, 0.1) is 16.9 Å². The first-order valence-electron chi connectivity index (χ1n) is 19.2. The highest BCUT2D eigenvalue weighted by atomic mass is 17.0. The third-order valence-corrected chi connectivity index (χ3v) is 11.7. The minimum absolute atomic E-state index is 0.0685. The smallest absolute Gasteiger partial charge is 0.338 e. The lowest BCUT2D eigenvalue weighted by molar-refractivity contribution is -0.110. The minimum atomic E-state index is -0.514. The van der Waals surface area contributed by atoms with Gasteiger partial charge in [-0.3, -0.25) is 4.79 Å². The van der Waals surface area contributed by atoms with Crippen LogP contribution in [0.4, 0.5) is 11.4 Å². The van der Waals surface area contributed by atoms with Crippen molar-refractivity contribution in [2.45, 2.75) is 96.9 Å². The van der Waals surface area contributed by atoms with Crippen LogP contribution < -0.4 is 19.9 Å². The summed E-state index contributed by atoms with van der Waals surface area (Å²) in [5.41, 5.74) is 3.31.